The number of carboxylic acid groups (broad SMARTS) is 1. The molecule has 4 heteroatoms. The van der Waals surface area contributed by atoms with E-state index < -0.39 is 5.97 Å². The van der Waals surface area contributed by atoms with Crippen LogP contribution in [0.15, 0.2) is 18.2 Å². The SMILES string of the molecule is O=C(O)CC1CCCCC1c1cc(Cl)cc(Cl)c1. The molecule has 2 unspecified atom stereocenters. The molecule has 0 spiro atoms. The van der Waals surface area contributed by atoms with Gasteiger partial charge in [0.25, 0.3) is 0 Å². The van der Waals surface area contributed by atoms with Gasteiger partial charge in [-0.15, -0.1) is 0 Å². The lowest BCUT2D eigenvalue weighted by molar-refractivity contribution is -0.138. The fourth-order valence-corrected chi connectivity index (χ4v) is 3.45. The molecule has 0 aromatic heterocycles. The molecule has 1 fully saturated rings. The third kappa shape index (κ3) is 3.39. The number of carbonyl (C=O) groups is 1. The van der Waals surface area contributed by atoms with Gasteiger partial charge in [-0.3, -0.25) is 4.79 Å². The second kappa shape index (κ2) is 5.94. The number of halogens is 2. The van der Waals surface area contributed by atoms with E-state index in [1.165, 1.54) is 0 Å². The summed E-state index contributed by atoms with van der Waals surface area (Å²) in [5, 5.41) is 10.2. The molecule has 0 amide bonds. The van der Waals surface area contributed by atoms with Crippen LogP contribution in [0.2, 0.25) is 10.0 Å². The van der Waals surface area contributed by atoms with Gasteiger partial charge in [0.1, 0.15) is 0 Å². The van der Waals surface area contributed by atoms with Crippen LogP contribution < -0.4 is 0 Å². The van der Waals surface area contributed by atoms with Gasteiger partial charge in [0.2, 0.25) is 0 Å². The maximum atomic E-state index is 10.9. The van der Waals surface area contributed by atoms with Gasteiger partial charge < -0.3 is 5.11 Å². The Hall–Kier alpha value is -0.730. The van der Waals surface area contributed by atoms with E-state index in [1.807, 2.05) is 12.1 Å². The van der Waals surface area contributed by atoms with Gasteiger partial charge in [-0.05, 0) is 48.4 Å². The first-order chi connectivity index (χ1) is 8.56. The fourth-order valence-electron chi connectivity index (χ4n) is 2.90. The van der Waals surface area contributed by atoms with Crippen LogP contribution in [0.4, 0.5) is 0 Å². The molecule has 18 heavy (non-hydrogen) atoms. The van der Waals surface area contributed by atoms with Crippen LogP contribution in [-0.2, 0) is 4.79 Å². The van der Waals surface area contributed by atoms with E-state index in [0.29, 0.717) is 10.0 Å². The van der Waals surface area contributed by atoms with Crippen LogP contribution in [-0.4, -0.2) is 11.1 Å². The Morgan fingerprint density at radius 3 is 2.39 bits per heavy atom. The average Bonchev–Trinajstić information content (AvgIpc) is 2.27. The molecule has 0 heterocycles. The summed E-state index contributed by atoms with van der Waals surface area (Å²) in [4.78, 5) is 10.9. The lowest BCUT2D eigenvalue weighted by atomic mass is 9.74. The second-order valence-corrected chi connectivity index (χ2v) is 5.82. The van der Waals surface area contributed by atoms with E-state index in [2.05, 4.69) is 0 Å². The molecule has 0 saturated heterocycles. The summed E-state index contributed by atoms with van der Waals surface area (Å²) in [5.41, 5.74) is 1.08. The first-order valence-corrected chi connectivity index (χ1v) is 6.99. The molecule has 1 aliphatic rings. The minimum Gasteiger partial charge on any atom is -0.481 e. The summed E-state index contributed by atoms with van der Waals surface area (Å²) in [6.07, 6.45) is 4.48. The Bertz CT molecular complexity index is 425. The van der Waals surface area contributed by atoms with Crippen LogP contribution in [0.25, 0.3) is 0 Å². The number of aliphatic carboxylic acids is 1. The van der Waals surface area contributed by atoms with E-state index in [4.69, 9.17) is 28.3 Å². The zero-order chi connectivity index (χ0) is 13.1. The molecular formula is C14H16Cl2O2. The maximum absolute atomic E-state index is 10.9. The summed E-state index contributed by atoms with van der Waals surface area (Å²) in [6.45, 7) is 0. The van der Waals surface area contributed by atoms with Gasteiger partial charge in [0.05, 0.1) is 0 Å². The third-order valence-corrected chi connectivity index (χ3v) is 4.10. The Morgan fingerprint density at radius 2 is 1.78 bits per heavy atom. The van der Waals surface area contributed by atoms with Crippen LogP contribution in [0, 0.1) is 5.92 Å². The predicted molar refractivity (Wildman–Crippen MR) is 73.4 cm³/mol. The lowest BCUT2D eigenvalue weighted by Crippen LogP contribution is -2.20. The van der Waals surface area contributed by atoms with Crippen molar-refractivity contribution in [1.29, 1.82) is 0 Å². The Balaban J connectivity index is 2.24. The molecule has 2 rings (SSSR count). The zero-order valence-electron chi connectivity index (χ0n) is 10.0. The predicted octanol–water partition coefficient (Wildman–Crippen LogP) is 4.74. The fraction of sp³-hybridized carbons (Fsp3) is 0.500. The van der Waals surface area contributed by atoms with Gasteiger partial charge in [0.15, 0.2) is 0 Å². The van der Waals surface area contributed by atoms with Crippen LogP contribution in [0.5, 0.6) is 0 Å². The van der Waals surface area contributed by atoms with E-state index >= 15 is 0 Å². The van der Waals surface area contributed by atoms with Crippen molar-refractivity contribution in [2.75, 3.05) is 0 Å². The highest BCUT2D eigenvalue weighted by atomic mass is 35.5. The molecular weight excluding hydrogens is 271 g/mol. The molecule has 1 aromatic carbocycles. The molecule has 1 saturated carbocycles. The molecule has 2 atom stereocenters. The van der Waals surface area contributed by atoms with Gasteiger partial charge >= 0.3 is 5.97 Å². The monoisotopic (exact) mass is 286 g/mol. The van der Waals surface area contributed by atoms with Crippen LogP contribution in [0.1, 0.15) is 43.6 Å². The smallest absolute Gasteiger partial charge is 0.303 e. The first kappa shape index (κ1) is 13.7. The summed E-state index contributed by atoms with van der Waals surface area (Å²) in [7, 11) is 0. The highest BCUT2D eigenvalue weighted by Gasteiger charge is 2.28. The topological polar surface area (TPSA) is 37.3 Å². The lowest BCUT2D eigenvalue weighted by Gasteiger charge is -2.31. The Morgan fingerprint density at radius 1 is 1.17 bits per heavy atom. The molecule has 1 N–H and O–H groups in total. The van der Waals surface area contributed by atoms with Gasteiger partial charge in [-0.2, -0.15) is 0 Å². The number of carboxylic acids is 1. The minimum absolute atomic E-state index is 0.200. The van der Waals surface area contributed by atoms with Crippen molar-refractivity contribution in [1.82, 2.24) is 0 Å². The molecule has 0 radical (unpaired) electrons. The number of hydrogen-bond donors (Lipinski definition) is 1. The van der Waals surface area contributed by atoms with Crippen LogP contribution in [0.3, 0.4) is 0 Å². The second-order valence-electron chi connectivity index (χ2n) is 4.95. The van der Waals surface area contributed by atoms with Crippen molar-refractivity contribution in [3.05, 3.63) is 33.8 Å². The van der Waals surface area contributed by atoms with Crippen molar-refractivity contribution in [2.45, 2.75) is 38.0 Å². The zero-order valence-corrected chi connectivity index (χ0v) is 11.5. The quantitative estimate of drug-likeness (QED) is 0.871. The summed E-state index contributed by atoms with van der Waals surface area (Å²) in [6, 6.07) is 5.54. The molecule has 2 nitrogen and oxygen atoms in total. The molecule has 98 valence electrons. The van der Waals surface area contributed by atoms with E-state index in [-0.39, 0.29) is 18.3 Å². The van der Waals surface area contributed by atoms with E-state index in [0.717, 1.165) is 31.2 Å². The molecule has 0 bridgehead atoms. The standard InChI is InChI=1S/C14H16Cl2O2/c15-11-5-10(6-12(16)8-11)13-4-2-1-3-9(13)7-14(17)18/h5-6,8-9,13H,1-4,7H2,(H,17,18). The van der Waals surface area contributed by atoms with Crippen molar-refractivity contribution in [3.63, 3.8) is 0 Å². The Kier molecular flexibility index (Phi) is 4.52. The minimum atomic E-state index is -0.722. The van der Waals surface area contributed by atoms with E-state index in [9.17, 15) is 4.79 Å². The highest BCUT2D eigenvalue weighted by molar-refractivity contribution is 6.34. The van der Waals surface area contributed by atoms with E-state index in [1.54, 1.807) is 6.07 Å². The largest absolute Gasteiger partial charge is 0.481 e. The third-order valence-electron chi connectivity index (χ3n) is 3.66. The molecule has 1 aromatic rings. The maximum Gasteiger partial charge on any atom is 0.303 e. The van der Waals surface area contributed by atoms with Gasteiger partial charge in [-0.1, -0.05) is 36.0 Å². The molecule has 0 aliphatic heterocycles. The number of rotatable bonds is 3. The van der Waals surface area contributed by atoms with Gasteiger partial charge in [0, 0.05) is 16.5 Å². The highest BCUT2D eigenvalue weighted by Crippen LogP contribution is 2.41. The van der Waals surface area contributed by atoms with Crippen molar-refractivity contribution >= 4 is 29.2 Å². The normalized spacial score (nSPS) is 23.9. The molecule has 1 aliphatic carbocycles. The summed E-state index contributed by atoms with van der Waals surface area (Å²) in [5.74, 6) is -0.253. The van der Waals surface area contributed by atoms with Crippen LogP contribution >= 0.6 is 23.2 Å². The van der Waals surface area contributed by atoms with Crippen molar-refractivity contribution in [2.24, 2.45) is 5.92 Å². The first-order valence-electron chi connectivity index (χ1n) is 6.24. The summed E-state index contributed by atoms with van der Waals surface area (Å²) >= 11 is 12.0. The number of benzene rings is 1. The number of hydrogen-bond acceptors (Lipinski definition) is 1. The Labute approximate surface area is 117 Å². The summed E-state index contributed by atoms with van der Waals surface area (Å²) < 4.78 is 0. The van der Waals surface area contributed by atoms with Crippen molar-refractivity contribution < 1.29 is 9.90 Å². The van der Waals surface area contributed by atoms with Crippen molar-refractivity contribution in [3.8, 4) is 0 Å². The average molecular weight is 287 g/mol. The van der Waals surface area contributed by atoms with Gasteiger partial charge in [-0.25, -0.2) is 0 Å².